The minimum atomic E-state index is -1.03. The average Bonchev–Trinajstić information content (AvgIpc) is 2.93. The minimum absolute atomic E-state index is 0.0242. The molecule has 1 unspecified atom stereocenters. The highest BCUT2D eigenvalue weighted by Crippen LogP contribution is 2.17. The molecule has 1 amide bonds. The summed E-state index contributed by atoms with van der Waals surface area (Å²) in [4.78, 5) is 34.4. The number of ether oxygens (including phenoxy) is 1. The number of carbonyl (C=O) groups is 3. The van der Waals surface area contributed by atoms with Crippen LogP contribution in [0.4, 0.5) is 0 Å². The molecule has 0 radical (unpaired) electrons. The standard InChI is InChI=1S/C34H65NO5/c1-3-5-7-8-9-10-11-12-13-14-15-16-17-18-19-20-21-25-29-34(39)40-31(26-6-4-2)27-23-22-24-28-32(36)35-30-33(37)38/h31H,3-30H2,1-2H3,(H,35,36)(H,37,38). The highest BCUT2D eigenvalue weighted by Gasteiger charge is 2.14. The molecule has 0 fully saturated rings. The maximum Gasteiger partial charge on any atom is 0.322 e. The Bertz CT molecular complexity index is 595. The van der Waals surface area contributed by atoms with E-state index in [0.717, 1.165) is 57.8 Å². The van der Waals surface area contributed by atoms with Gasteiger partial charge in [0.15, 0.2) is 0 Å². The van der Waals surface area contributed by atoms with Gasteiger partial charge in [-0.1, -0.05) is 142 Å². The van der Waals surface area contributed by atoms with E-state index in [1.54, 1.807) is 0 Å². The van der Waals surface area contributed by atoms with Crippen molar-refractivity contribution in [3.05, 3.63) is 0 Å². The third kappa shape index (κ3) is 29.4. The molecular formula is C34H65NO5. The van der Waals surface area contributed by atoms with Gasteiger partial charge in [0.2, 0.25) is 5.91 Å². The van der Waals surface area contributed by atoms with Crippen LogP contribution in [-0.2, 0) is 19.1 Å². The molecule has 0 aromatic carbocycles. The van der Waals surface area contributed by atoms with Gasteiger partial charge in [-0.3, -0.25) is 14.4 Å². The Labute approximate surface area is 247 Å². The van der Waals surface area contributed by atoms with Gasteiger partial charge >= 0.3 is 11.9 Å². The van der Waals surface area contributed by atoms with E-state index in [1.165, 1.54) is 103 Å². The summed E-state index contributed by atoms with van der Waals surface area (Å²) in [5, 5.41) is 11.0. The molecule has 6 nitrogen and oxygen atoms in total. The molecule has 236 valence electrons. The molecule has 0 aliphatic heterocycles. The molecule has 0 spiro atoms. The zero-order valence-corrected chi connectivity index (χ0v) is 26.5. The zero-order chi connectivity index (χ0) is 29.5. The lowest BCUT2D eigenvalue weighted by molar-refractivity contribution is -0.150. The van der Waals surface area contributed by atoms with Gasteiger partial charge in [-0.25, -0.2) is 0 Å². The van der Waals surface area contributed by atoms with Crippen LogP contribution in [0, 0.1) is 0 Å². The minimum Gasteiger partial charge on any atom is -0.480 e. The number of unbranched alkanes of at least 4 members (excludes halogenated alkanes) is 20. The Hall–Kier alpha value is -1.59. The van der Waals surface area contributed by atoms with Gasteiger partial charge in [-0.05, 0) is 32.1 Å². The van der Waals surface area contributed by atoms with Crippen molar-refractivity contribution in [3.63, 3.8) is 0 Å². The second-order valence-corrected chi connectivity index (χ2v) is 11.8. The molecule has 0 saturated heterocycles. The van der Waals surface area contributed by atoms with Crippen LogP contribution in [0.15, 0.2) is 0 Å². The largest absolute Gasteiger partial charge is 0.480 e. The first-order valence-corrected chi connectivity index (χ1v) is 17.2. The summed E-state index contributed by atoms with van der Waals surface area (Å²) < 4.78 is 5.79. The van der Waals surface area contributed by atoms with Gasteiger partial charge < -0.3 is 15.2 Å². The van der Waals surface area contributed by atoms with Crippen LogP contribution >= 0.6 is 0 Å². The van der Waals surface area contributed by atoms with E-state index in [4.69, 9.17) is 9.84 Å². The molecule has 0 aromatic heterocycles. The summed E-state index contributed by atoms with van der Waals surface area (Å²) in [6.45, 7) is 4.10. The van der Waals surface area contributed by atoms with Crippen LogP contribution in [0.25, 0.3) is 0 Å². The number of hydrogen-bond donors (Lipinski definition) is 2. The first kappa shape index (κ1) is 38.4. The predicted molar refractivity (Wildman–Crippen MR) is 167 cm³/mol. The number of aliphatic carboxylic acids is 1. The third-order valence-electron chi connectivity index (χ3n) is 7.78. The predicted octanol–water partition coefficient (Wildman–Crippen LogP) is 9.67. The summed E-state index contributed by atoms with van der Waals surface area (Å²) >= 11 is 0. The molecule has 0 aliphatic carbocycles. The number of hydrogen-bond acceptors (Lipinski definition) is 4. The quantitative estimate of drug-likeness (QED) is 0.0642. The van der Waals surface area contributed by atoms with Crippen molar-refractivity contribution in [1.29, 1.82) is 0 Å². The lowest BCUT2D eigenvalue weighted by Gasteiger charge is -2.18. The normalized spacial score (nSPS) is 11.8. The molecule has 0 rings (SSSR count). The van der Waals surface area contributed by atoms with E-state index in [0.29, 0.717) is 12.8 Å². The van der Waals surface area contributed by atoms with Crippen LogP contribution in [0.2, 0.25) is 0 Å². The molecule has 0 aromatic rings. The molecule has 0 heterocycles. The fourth-order valence-electron chi connectivity index (χ4n) is 5.21. The summed E-state index contributed by atoms with van der Waals surface area (Å²) in [5.41, 5.74) is 0. The number of carbonyl (C=O) groups excluding carboxylic acids is 2. The Morgan fingerprint density at radius 2 is 0.950 bits per heavy atom. The van der Waals surface area contributed by atoms with Gasteiger partial charge in [0.25, 0.3) is 0 Å². The highest BCUT2D eigenvalue weighted by molar-refractivity contribution is 5.80. The number of carboxylic acids is 1. The van der Waals surface area contributed by atoms with Crippen molar-refractivity contribution in [1.82, 2.24) is 5.32 Å². The van der Waals surface area contributed by atoms with E-state index >= 15 is 0 Å². The number of amides is 1. The van der Waals surface area contributed by atoms with Crippen molar-refractivity contribution in [3.8, 4) is 0 Å². The average molecular weight is 568 g/mol. The van der Waals surface area contributed by atoms with Gasteiger partial charge in [-0.15, -0.1) is 0 Å². The van der Waals surface area contributed by atoms with Gasteiger partial charge in [0.05, 0.1) is 0 Å². The summed E-state index contributed by atoms with van der Waals surface area (Å²) in [5.74, 6) is -1.31. The van der Waals surface area contributed by atoms with Crippen molar-refractivity contribution >= 4 is 17.8 Å². The van der Waals surface area contributed by atoms with Crippen LogP contribution in [-0.4, -0.2) is 35.6 Å². The van der Waals surface area contributed by atoms with E-state index in [1.807, 2.05) is 0 Å². The topological polar surface area (TPSA) is 92.7 Å². The Balaban J connectivity index is 3.63. The van der Waals surface area contributed by atoms with E-state index < -0.39 is 5.97 Å². The first-order chi connectivity index (χ1) is 19.5. The Morgan fingerprint density at radius 1 is 0.550 bits per heavy atom. The van der Waals surface area contributed by atoms with Crippen LogP contribution in [0.5, 0.6) is 0 Å². The second-order valence-electron chi connectivity index (χ2n) is 11.8. The van der Waals surface area contributed by atoms with Crippen molar-refractivity contribution in [2.24, 2.45) is 0 Å². The smallest absolute Gasteiger partial charge is 0.322 e. The number of rotatable bonds is 31. The SMILES string of the molecule is CCCCCCCCCCCCCCCCCCCCC(=O)OC(CCCC)CCCCCC(=O)NCC(=O)O. The summed E-state index contributed by atoms with van der Waals surface area (Å²) in [6.07, 6.45) is 31.3. The first-order valence-electron chi connectivity index (χ1n) is 17.2. The van der Waals surface area contributed by atoms with E-state index in [9.17, 15) is 14.4 Å². The molecular weight excluding hydrogens is 502 g/mol. The van der Waals surface area contributed by atoms with Gasteiger partial charge in [0, 0.05) is 12.8 Å². The monoisotopic (exact) mass is 567 g/mol. The number of esters is 1. The lowest BCUT2D eigenvalue weighted by Crippen LogP contribution is -2.28. The van der Waals surface area contributed by atoms with Crippen molar-refractivity contribution < 1.29 is 24.2 Å². The molecule has 0 aliphatic rings. The van der Waals surface area contributed by atoms with Crippen molar-refractivity contribution in [2.45, 2.75) is 193 Å². The van der Waals surface area contributed by atoms with E-state index in [-0.39, 0.29) is 24.5 Å². The van der Waals surface area contributed by atoms with E-state index in [2.05, 4.69) is 19.2 Å². The number of nitrogens with one attached hydrogen (secondary N) is 1. The molecule has 2 N–H and O–H groups in total. The highest BCUT2D eigenvalue weighted by atomic mass is 16.5. The third-order valence-corrected chi connectivity index (χ3v) is 7.78. The van der Waals surface area contributed by atoms with Crippen LogP contribution < -0.4 is 5.32 Å². The molecule has 6 heteroatoms. The zero-order valence-electron chi connectivity index (χ0n) is 26.5. The maximum absolute atomic E-state index is 12.4. The second kappa shape index (κ2) is 30.4. The fraction of sp³-hybridized carbons (Fsp3) is 0.912. The van der Waals surface area contributed by atoms with Gasteiger partial charge in [-0.2, -0.15) is 0 Å². The molecule has 1 atom stereocenters. The molecule has 40 heavy (non-hydrogen) atoms. The fourth-order valence-corrected chi connectivity index (χ4v) is 5.21. The van der Waals surface area contributed by atoms with Crippen LogP contribution in [0.1, 0.15) is 187 Å². The van der Waals surface area contributed by atoms with Crippen LogP contribution in [0.3, 0.4) is 0 Å². The molecule has 0 bridgehead atoms. The lowest BCUT2D eigenvalue weighted by atomic mass is 10.0. The Morgan fingerprint density at radius 3 is 1.43 bits per heavy atom. The summed E-state index contributed by atoms with van der Waals surface area (Å²) in [6, 6.07) is 0. The number of carboxylic acid groups (broad SMARTS) is 1. The Kier molecular flexibility index (Phi) is 29.2. The van der Waals surface area contributed by atoms with Gasteiger partial charge in [0.1, 0.15) is 12.6 Å². The molecule has 0 saturated carbocycles. The maximum atomic E-state index is 12.4. The summed E-state index contributed by atoms with van der Waals surface area (Å²) in [7, 11) is 0. The van der Waals surface area contributed by atoms with Crippen molar-refractivity contribution in [2.75, 3.05) is 6.54 Å².